The van der Waals surface area contributed by atoms with Crippen LogP contribution in [-0.4, -0.2) is 24.2 Å². The molecule has 0 aliphatic rings. The molecule has 0 atom stereocenters. The van der Waals surface area contributed by atoms with E-state index in [-0.39, 0.29) is 0 Å². The van der Waals surface area contributed by atoms with Crippen molar-refractivity contribution in [3.05, 3.63) is 70.8 Å². The molecule has 2 rings (SSSR count). The van der Waals surface area contributed by atoms with Crippen molar-refractivity contribution in [3.63, 3.8) is 0 Å². The van der Waals surface area contributed by atoms with E-state index in [4.69, 9.17) is 0 Å². The maximum absolute atomic E-state index is 11.7. The quantitative estimate of drug-likeness (QED) is 0.458. The van der Waals surface area contributed by atoms with Gasteiger partial charge in [-0.1, -0.05) is 76.2 Å². The van der Waals surface area contributed by atoms with Crippen molar-refractivity contribution in [2.45, 2.75) is 39.5 Å². The van der Waals surface area contributed by atoms with Gasteiger partial charge in [-0.25, -0.2) is 10.9 Å². The summed E-state index contributed by atoms with van der Waals surface area (Å²) in [7, 11) is 0. The topological polar surface area (TPSA) is 82.9 Å². The van der Waals surface area contributed by atoms with Gasteiger partial charge in [-0.05, 0) is 34.1 Å². The highest BCUT2D eigenvalue weighted by Crippen LogP contribution is 2.14. The first-order valence-electron chi connectivity index (χ1n) is 9.23. The van der Waals surface area contributed by atoms with Crippen LogP contribution in [0.5, 0.6) is 0 Å². The second kappa shape index (κ2) is 10.2. The molecule has 2 amide bonds. The Morgan fingerprint density at radius 1 is 0.679 bits per heavy atom. The van der Waals surface area contributed by atoms with E-state index < -0.39 is 11.8 Å². The lowest BCUT2D eigenvalue weighted by Gasteiger charge is -2.04. The molecule has 0 aromatic heterocycles. The number of hydrogen-bond donors (Lipinski definition) is 2. The van der Waals surface area contributed by atoms with Crippen LogP contribution >= 0.6 is 0 Å². The molecule has 0 radical (unpaired) electrons. The molecule has 0 saturated carbocycles. The van der Waals surface area contributed by atoms with Crippen LogP contribution in [0.25, 0.3) is 0 Å². The normalized spacial score (nSPS) is 11.5. The molecule has 0 unspecified atom stereocenters. The molecule has 0 fully saturated rings. The average Bonchev–Trinajstić information content (AvgIpc) is 2.68. The summed E-state index contributed by atoms with van der Waals surface area (Å²) < 4.78 is 0. The lowest BCUT2D eigenvalue weighted by atomic mass is 10.0. The monoisotopic (exact) mass is 378 g/mol. The van der Waals surface area contributed by atoms with Gasteiger partial charge in [0.15, 0.2) is 0 Å². The van der Waals surface area contributed by atoms with Gasteiger partial charge in [0.2, 0.25) is 0 Å². The number of carbonyl (C=O) groups excluding carboxylic acids is 2. The molecule has 2 aromatic carbocycles. The first-order chi connectivity index (χ1) is 13.4. The minimum Gasteiger partial charge on any atom is -0.262 e. The Morgan fingerprint density at radius 3 is 1.29 bits per heavy atom. The summed E-state index contributed by atoms with van der Waals surface area (Å²) in [6.07, 6.45) is 2.96. The van der Waals surface area contributed by atoms with Crippen molar-refractivity contribution in [2.75, 3.05) is 0 Å². The third kappa shape index (κ3) is 6.46. The minimum atomic E-state index is -0.887. The fourth-order valence-electron chi connectivity index (χ4n) is 2.37. The largest absolute Gasteiger partial charge is 0.331 e. The second-order valence-corrected chi connectivity index (χ2v) is 7.04. The highest BCUT2D eigenvalue weighted by atomic mass is 16.2. The van der Waals surface area contributed by atoms with Gasteiger partial charge in [-0.3, -0.25) is 9.59 Å². The Kier molecular flexibility index (Phi) is 7.63. The highest BCUT2D eigenvalue weighted by molar-refractivity contribution is 6.35. The Hall–Kier alpha value is -3.28. The zero-order chi connectivity index (χ0) is 20.5. The van der Waals surface area contributed by atoms with Crippen molar-refractivity contribution in [1.82, 2.24) is 10.9 Å². The second-order valence-electron chi connectivity index (χ2n) is 7.04. The molecule has 28 heavy (non-hydrogen) atoms. The Balaban J connectivity index is 1.81. The highest BCUT2D eigenvalue weighted by Gasteiger charge is 2.11. The van der Waals surface area contributed by atoms with Gasteiger partial charge in [0.1, 0.15) is 0 Å². The molecule has 0 aliphatic carbocycles. The number of hydrogen-bond acceptors (Lipinski definition) is 4. The van der Waals surface area contributed by atoms with E-state index in [2.05, 4.69) is 48.7 Å². The SMILES string of the molecule is CC(C)c1ccc(/C=N\NC(=O)C(=O)N/N=C\c2ccc(C(C)C)cc2)cc1. The molecule has 0 saturated heterocycles. The molecule has 146 valence electrons. The van der Waals surface area contributed by atoms with Gasteiger partial charge in [0, 0.05) is 0 Å². The van der Waals surface area contributed by atoms with Crippen LogP contribution in [0, 0.1) is 0 Å². The summed E-state index contributed by atoms with van der Waals surface area (Å²) >= 11 is 0. The third-order valence-corrected chi connectivity index (χ3v) is 4.17. The zero-order valence-electron chi connectivity index (χ0n) is 16.6. The standard InChI is InChI=1S/C22H26N4O2/c1-15(2)19-9-5-17(6-10-19)13-23-25-21(27)22(28)26-24-14-18-7-11-20(12-8-18)16(3)4/h5-16H,1-4H3,(H,25,27)(H,26,28)/b23-13-,24-14-. The van der Waals surface area contributed by atoms with Gasteiger partial charge in [0.05, 0.1) is 12.4 Å². The Bertz CT molecular complexity index is 778. The molecule has 2 aromatic rings. The van der Waals surface area contributed by atoms with E-state index in [1.165, 1.54) is 23.6 Å². The fraction of sp³-hybridized carbons (Fsp3) is 0.273. The molecular weight excluding hydrogens is 352 g/mol. The van der Waals surface area contributed by atoms with Crippen LogP contribution in [-0.2, 0) is 9.59 Å². The number of rotatable bonds is 6. The van der Waals surface area contributed by atoms with E-state index in [0.29, 0.717) is 11.8 Å². The molecule has 6 heteroatoms. The van der Waals surface area contributed by atoms with Crippen LogP contribution in [0.4, 0.5) is 0 Å². The van der Waals surface area contributed by atoms with Crippen LogP contribution in [0.1, 0.15) is 61.8 Å². The number of carbonyl (C=O) groups is 2. The lowest BCUT2D eigenvalue weighted by Crippen LogP contribution is -2.35. The predicted molar refractivity (Wildman–Crippen MR) is 113 cm³/mol. The van der Waals surface area contributed by atoms with Crippen molar-refractivity contribution in [2.24, 2.45) is 10.2 Å². The van der Waals surface area contributed by atoms with Crippen molar-refractivity contribution >= 4 is 24.2 Å². The zero-order valence-corrected chi connectivity index (χ0v) is 16.6. The van der Waals surface area contributed by atoms with Gasteiger partial charge in [-0.15, -0.1) is 0 Å². The van der Waals surface area contributed by atoms with Crippen molar-refractivity contribution in [1.29, 1.82) is 0 Å². The van der Waals surface area contributed by atoms with E-state index in [0.717, 1.165) is 11.1 Å². The number of amides is 2. The average molecular weight is 378 g/mol. The van der Waals surface area contributed by atoms with Gasteiger partial charge in [0.25, 0.3) is 0 Å². The number of nitrogens with zero attached hydrogens (tertiary/aromatic N) is 2. The number of benzene rings is 2. The summed E-state index contributed by atoms with van der Waals surface area (Å²) in [5.41, 5.74) is 8.46. The van der Waals surface area contributed by atoms with E-state index in [1.807, 2.05) is 48.5 Å². The van der Waals surface area contributed by atoms with Crippen LogP contribution in [0.3, 0.4) is 0 Å². The van der Waals surface area contributed by atoms with Gasteiger partial charge < -0.3 is 0 Å². The number of hydrazone groups is 2. The van der Waals surface area contributed by atoms with Gasteiger partial charge >= 0.3 is 11.8 Å². The molecule has 0 aliphatic heterocycles. The Labute approximate surface area is 165 Å². The van der Waals surface area contributed by atoms with Crippen LogP contribution in [0.15, 0.2) is 58.7 Å². The van der Waals surface area contributed by atoms with Crippen molar-refractivity contribution in [3.8, 4) is 0 Å². The maximum Gasteiger partial charge on any atom is 0.331 e. The Morgan fingerprint density at radius 2 is 1.00 bits per heavy atom. The molecule has 2 N–H and O–H groups in total. The predicted octanol–water partition coefficient (Wildman–Crippen LogP) is 3.53. The minimum absolute atomic E-state index is 0.447. The van der Waals surface area contributed by atoms with Crippen molar-refractivity contribution < 1.29 is 9.59 Å². The van der Waals surface area contributed by atoms with Gasteiger partial charge in [-0.2, -0.15) is 10.2 Å². The number of nitrogens with one attached hydrogen (secondary N) is 2. The smallest absolute Gasteiger partial charge is 0.262 e. The lowest BCUT2D eigenvalue weighted by molar-refractivity contribution is -0.139. The molecule has 6 nitrogen and oxygen atoms in total. The van der Waals surface area contributed by atoms with Crippen LogP contribution in [0.2, 0.25) is 0 Å². The molecular formula is C22H26N4O2. The van der Waals surface area contributed by atoms with E-state index >= 15 is 0 Å². The summed E-state index contributed by atoms with van der Waals surface area (Å²) in [4.78, 5) is 23.5. The first-order valence-corrected chi connectivity index (χ1v) is 9.23. The summed E-state index contributed by atoms with van der Waals surface area (Å²) in [6, 6.07) is 15.6. The fourth-order valence-corrected chi connectivity index (χ4v) is 2.37. The molecule has 0 bridgehead atoms. The van der Waals surface area contributed by atoms with Crippen LogP contribution < -0.4 is 10.9 Å². The third-order valence-electron chi connectivity index (χ3n) is 4.17. The molecule has 0 spiro atoms. The summed E-state index contributed by atoms with van der Waals surface area (Å²) in [6.45, 7) is 8.46. The first kappa shape index (κ1) is 21.0. The maximum atomic E-state index is 11.7. The van der Waals surface area contributed by atoms with E-state index in [1.54, 1.807) is 0 Å². The summed E-state index contributed by atoms with van der Waals surface area (Å²) in [5.74, 6) is -0.879. The molecule has 0 heterocycles. The van der Waals surface area contributed by atoms with E-state index in [9.17, 15) is 9.59 Å². The summed E-state index contributed by atoms with van der Waals surface area (Å²) in [5, 5.41) is 7.58.